The molecule has 8 aromatic rings. The van der Waals surface area contributed by atoms with Gasteiger partial charge in [-0.3, -0.25) is 0 Å². The molecule has 43 heavy (non-hydrogen) atoms. The number of thiophene rings is 1. The van der Waals surface area contributed by atoms with Gasteiger partial charge in [-0.05, 0) is 89.8 Å². The van der Waals surface area contributed by atoms with Gasteiger partial charge in [0.05, 0.1) is 33.1 Å². The molecule has 1 aliphatic heterocycles. The fourth-order valence-corrected chi connectivity index (χ4v) is 8.12. The van der Waals surface area contributed by atoms with E-state index in [0.717, 1.165) is 18.7 Å². The van der Waals surface area contributed by atoms with E-state index in [1.165, 1.54) is 70.0 Å². The molecule has 3 nitrogen and oxygen atoms in total. The molecule has 202 valence electrons. The van der Waals surface area contributed by atoms with Crippen molar-refractivity contribution in [2.75, 3.05) is 11.4 Å². The van der Waals surface area contributed by atoms with Crippen LogP contribution in [0.3, 0.4) is 0 Å². The van der Waals surface area contributed by atoms with Crippen molar-refractivity contribution in [3.05, 3.63) is 139 Å². The zero-order chi connectivity index (χ0) is 28.5. The standard InChI is InChI=1S/C39H25N3S/c40-24-25-12-16-29(17-13-25)42-35-9-3-1-6-30(35)33-23-27(15-19-36(33)42)26-14-18-34-28(22-26)20-21-41(34)37-10-5-8-32-31-7-2-4-11-38(31)43-39(32)37/h1-19,22-23H,20-21H2. The van der Waals surface area contributed by atoms with Crippen LogP contribution in [0.4, 0.5) is 11.4 Å². The fraction of sp³-hybridized carbons (Fsp3) is 0.0513. The maximum atomic E-state index is 9.28. The first kappa shape index (κ1) is 24.2. The molecule has 4 heteroatoms. The normalized spacial score (nSPS) is 12.9. The Kier molecular flexibility index (Phi) is 5.26. The van der Waals surface area contributed by atoms with Crippen molar-refractivity contribution in [3.63, 3.8) is 0 Å². The Morgan fingerprint density at radius 3 is 2.23 bits per heavy atom. The van der Waals surface area contributed by atoms with Gasteiger partial charge >= 0.3 is 0 Å². The van der Waals surface area contributed by atoms with E-state index in [9.17, 15) is 5.26 Å². The van der Waals surface area contributed by atoms with Crippen LogP contribution in [0.1, 0.15) is 11.1 Å². The quantitative estimate of drug-likeness (QED) is 0.213. The minimum Gasteiger partial charge on any atom is -0.340 e. The van der Waals surface area contributed by atoms with Gasteiger partial charge in [-0.15, -0.1) is 11.3 Å². The highest BCUT2D eigenvalue weighted by Crippen LogP contribution is 2.45. The second kappa shape index (κ2) is 9.32. The third-order valence-electron chi connectivity index (χ3n) is 8.91. The van der Waals surface area contributed by atoms with Gasteiger partial charge in [-0.25, -0.2) is 0 Å². The molecule has 3 heterocycles. The predicted molar refractivity (Wildman–Crippen MR) is 181 cm³/mol. The van der Waals surface area contributed by atoms with Gasteiger partial charge in [0.25, 0.3) is 0 Å². The lowest BCUT2D eigenvalue weighted by atomic mass is 9.99. The van der Waals surface area contributed by atoms with Gasteiger partial charge < -0.3 is 9.47 Å². The summed E-state index contributed by atoms with van der Waals surface area (Å²) in [5.74, 6) is 0. The zero-order valence-electron chi connectivity index (χ0n) is 23.3. The number of hydrogen-bond acceptors (Lipinski definition) is 3. The highest BCUT2D eigenvalue weighted by atomic mass is 32.1. The molecule has 9 rings (SSSR count). The van der Waals surface area contributed by atoms with Gasteiger partial charge in [0.2, 0.25) is 0 Å². The van der Waals surface area contributed by atoms with E-state index in [0.29, 0.717) is 5.56 Å². The van der Waals surface area contributed by atoms with E-state index in [1.54, 1.807) is 0 Å². The van der Waals surface area contributed by atoms with Crippen molar-refractivity contribution < 1.29 is 0 Å². The number of nitrogens with zero attached hydrogens (tertiary/aromatic N) is 3. The Morgan fingerprint density at radius 1 is 0.605 bits per heavy atom. The molecular formula is C39H25N3S. The van der Waals surface area contributed by atoms with Gasteiger partial charge in [-0.1, -0.05) is 60.7 Å². The molecule has 2 aromatic heterocycles. The first-order valence-electron chi connectivity index (χ1n) is 14.6. The number of nitriles is 1. The van der Waals surface area contributed by atoms with E-state index in [-0.39, 0.29) is 0 Å². The lowest BCUT2D eigenvalue weighted by Crippen LogP contribution is -2.13. The van der Waals surface area contributed by atoms with Gasteiger partial charge in [0.15, 0.2) is 0 Å². The summed E-state index contributed by atoms with van der Waals surface area (Å²) in [5.41, 5.74) is 10.6. The number of aromatic nitrogens is 1. The molecular weight excluding hydrogens is 543 g/mol. The molecule has 0 bridgehead atoms. The van der Waals surface area contributed by atoms with Crippen molar-refractivity contribution in [1.82, 2.24) is 4.57 Å². The highest BCUT2D eigenvalue weighted by Gasteiger charge is 2.24. The number of anilines is 2. The summed E-state index contributed by atoms with van der Waals surface area (Å²) in [4.78, 5) is 2.51. The van der Waals surface area contributed by atoms with E-state index in [2.05, 4.69) is 119 Å². The lowest BCUT2D eigenvalue weighted by molar-refractivity contribution is 1.00. The average Bonchev–Trinajstić information content (AvgIpc) is 3.76. The van der Waals surface area contributed by atoms with Crippen LogP contribution in [-0.4, -0.2) is 11.1 Å². The summed E-state index contributed by atoms with van der Waals surface area (Å²) in [7, 11) is 0. The minimum atomic E-state index is 0.669. The van der Waals surface area contributed by atoms with Gasteiger partial charge in [-0.2, -0.15) is 5.26 Å². The van der Waals surface area contributed by atoms with Crippen LogP contribution >= 0.6 is 11.3 Å². The molecule has 0 spiro atoms. The molecule has 0 atom stereocenters. The fourth-order valence-electron chi connectivity index (χ4n) is 6.89. The Labute approximate surface area is 253 Å². The van der Waals surface area contributed by atoms with Crippen LogP contribution in [0, 0.1) is 11.3 Å². The number of hydrogen-bond donors (Lipinski definition) is 0. The Hall–Kier alpha value is -5.37. The largest absolute Gasteiger partial charge is 0.340 e. The van der Waals surface area contributed by atoms with Crippen molar-refractivity contribution in [1.29, 1.82) is 5.26 Å². The summed E-state index contributed by atoms with van der Waals surface area (Å²) < 4.78 is 5.01. The molecule has 0 N–H and O–H groups in total. The molecule has 1 aliphatic rings. The van der Waals surface area contributed by atoms with Crippen molar-refractivity contribution in [2.24, 2.45) is 0 Å². The van der Waals surface area contributed by atoms with Crippen LogP contribution in [-0.2, 0) is 6.42 Å². The number of rotatable bonds is 3. The summed E-state index contributed by atoms with van der Waals surface area (Å²) in [5, 5.41) is 14.4. The second-order valence-electron chi connectivity index (χ2n) is 11.2. The minimum absolute atomic E-state index is 0.669. The van der Waals surface area contributed by atoms with E-state index >= 15 is 0 Å². The number of benzene rings is 6. The predicted octanol–water partition coefficient (Wildman–Crippen LogP) is 10.4. The van der Waals surface area contributed by atoms with E-state index in [1.807, 2.05) is 35.6 Å². The molecule has 6 aromatic carbocycles. The third kappa shape index (κ3) is 3.65. The molecule has 0 saturated carbocycles. The molecule has 0 aliphatic carbocycles. The highest BCUT2D eigenvalue weighted by molar-refractivity contribution is 7.26. The second-order valence-corrected chi connectivity index (χ2v) is 12.3. The number of fused-ring (bicyclic) bond motifs is 7. The third-order valence-corrected chi connectivity index (χ3v) is 10.1. The first-order valence-corrected chi connectivity index (χ1v) is 15.4. The number of para-hydroxylation sites is 1. The topological polar surface area (TPSA) is 32.0 Å². The van der Waals surface area contributed by atoms with Crippen molar-refractivity contribution >= 4 is 64.7 Å². The van der Waals surface area contributed by atoms with Crippen LogP contribution < -0.4 is 4.90 Å². The maximum Gasteiger partial charge on any atom is 0.0991 e. The van der Waals surface area contributed by atoms with Gasteiger partial charge in [0.1, 0.15) is 0 Å². The van der Waals surface area contributed by atoms with E-state index < -0.39 is 0 Å². The Morgan fingerprint density at radius 2 is 1.35 bits per heavy atom. The van der Waals surface area contributed by atoms with Crippen LogP contribution in [0.15, 0.2) is 127 Å². The Balaban J connectivity index is 1.13. The maximum absolute atomic E-state index is 9.28. The zero-order valence-corrected chi connectivity index (χ0v) is 24.1. The molecule has 0 fully saturated rings. The monoisotopic (exact) mass is 567 g/mol. The van der Waals surface area contributed by atoms with Crippen LogP contribution in [0.25, 0.3) is 58.8 Å². The summed E-state index contributed by atoms with van der Waals surface area (Å²) in [6.45, 7) is 0.989. The summed E-state index contributed by atoms with van der Waals surface area (Å²) >= 11 is 1.90. The molecule has 0 radical (unpaired) electrons. The Bertz CT molecular complexity index is 2420. The molecule has 0 amide bonds. The molecule has 0 saturated heterocycles. The smallest absolute Gasteiger partial charge is 0.0991 e. The van der Waals surface area contributed by atoms with Crippen LogP contribution in [0.2, 0.25) is 0 Å². The summed E-state index contributed by atoms with van der Waals surface area (Å²) in [6.07, 6.45) is 1.03. The molecule has 0 unspecified atom stereocenters. The van der Waals surface area contributed by atoms with Gasteiger partial charge in [0, 0.05) is 44.2 Å². The van der Waals surface area contributed by atoms with E-state index in [4.69, 9.17) is 0 Å². The van der Waals surface area contributed by atoms with Crippen molar-refractivity contribution in [3.8, 4) is 22.9 Å². The van der Waals surface area contributed by atoms with Crippen LogP contribution in [0.5, 0.6) is 0 Å². The first-order chi connectivity index (χ1) is 21.3. The SMILES string of the molecule is N#Cc1ccc(-n2c3ccccc3c3cc(-c4ccc5c(c4)CCN5c4cccc5c4sc4ccccc45)ccc32)cc1. The average molecular weight is 568 g/mol. The van der Waals surface area contributed by atoms with Crippen molar-refractivity contribution in [2.45, 2.75) is 6.42 Å². The summed E-state index contributed by atoms with van der Waals surface area (Å²) in [6, 6.07) is 47.9. The lowest BCUT2D eigenvalue weighted by Gasteiger charge is -2.20.